The summed E-state index contributed by atoms with van der Waals surface area (Å²) in [4.78, 5) is 26.0. The minimum absolute atomic E-state index is 0.0245. The number of fused-ring (bicyclic) bond motifs is 1. The van der Waals surface area contributed by atoms with E-state index in [1.807, 2.05) is 0 Å². The summed E-state index contributed by atoms with van der Waals surface area (Å²) in [6.45, 7) is 4.67. The van der Waals surface area contributed by atoms with E-state index in [4.69, 9.17) is 16.6 Å². The van der Waals surface area contributed by atoms with E-state index < -0.39 is 5.91 Å². The van der Waals surface area contributed by atoms with Crippen LogP contribution in [0.2, 0.25) is 0 Å². The van der Waals surface area contributed by atoms with Gasteiger partial charge in [-0.05, 0) is 61.4 Å². The number of benzene rings is 1. The summed E-state index contributed by atoms with van der Waals surface area (Å²) in [5, 5.41) is 4.74. The zero-order valence-electron chi connectivity index (χ0n) is 16.8. The number of piperidine rings is 1. The highest BCUT2D eigenvalue weighted by molar-refractivity contribution is 5.98. The summed E-state index contributed by atoms with van der Waals surface area (Å²) in [5.74, 6) is -0.747. The summed E-state index contributed by atoms with van der Waals surface area (Å²) in [6.07, 6.45) is 5.01. The average molecular weight is 411 g/mol. The molecular weight excluding hydrogens is 385 g/mol. The highest BCUT2D eigenvalue weighted by Gasteiger charge is 2.33. The predicted molar refractivity (Wildman–Crippen MR) is 111 cm³/mol. The monoisotopic (exact) mass is 411 g/mol. The van der Waals surface area contributed by atoms with Crippen LogP contribution in [0.3, 0.4) is 0 Å². The number of aryl methyl sites for hydroxylation is 1. The normalized spacial score (nSPS) is 21.2. The third kappa shape index (κ3) is 3.58. The van der Waals surface area contributed by atoms with E-state index in [0.717, 1.165) is 30.4 Å². The Balaban J connectivity index is 1.66. The molecule has 1 fully saturated rings. The number of primary amides is 1. The summed E-state index contributed by atoms with van der Waals surface area (Å²) in [7, 11) is 0. The Hall–Kier alpha value is -3.16. The lowest BCUT2D eigenvalue weighted by Crippen LogP contribution is -2.40. The number of aromatic nitrogens is 2. The number of halogens is 1. The van der Waals surface area contributed by atoms with Crippen molar-refractivity contribution in [3.05, 3.63) is 59.1 Å². The Bertz CT molecular complexity index is 1020. The van der Waals surface area contributed by atoms with E-state index in [2.05, 4.69) is 6.58 Å². The molecule has 1 aliphatic carbocycles. The van der Waals surface area contributed by atoms with Crippen LogP contribution in [0.5, 0.6) is 0 Å². The van der Waals surface area contributed by atoms with Crippen molar-refractivity contribution in [2.24, 2.45) is 5.73 Å². The van der Waals surface area contributed by atoms with Gasteiger partial charge in [0.2, 0.25) is 5.91 Å². The Labute approximate surface area is 174 Å². The first-order valence-corrected chi connectivity index (χ1v) is 10.2. The Morgan fingerprint density at radius 3 is 2.80 bits per heavy atom. The summed E-state index contributed by atoms with van der Waals surface area (Å²) >= 11 is 0. The van der Waals surface area contributed by atoms with Crippen molar-refractivity contribution < 1.29 is 14.0 Å². The molecule has 4 N–H and O–H groups in total. The zero-order chi connectivity index (χ0) is 21.4. The van der Waals surface area contributed by atoms with Gasteiger partial charge in [0.1, 0.15) is 17.2 Å². The molecule has 1 unspecified atom stereocenters. The van der Waals surface area contributed by atoms with Crippen molar-refractivity contribution in [2.45, 2.75) is 44.1 Å². The molecule has 0 spiro atoms. The van der Waals surface area contributed by atoms with Crippen molar-refractivity contribution in [3.8, 4) is 0 Å². The van der Waals surface area contributed by atoms with Gasteiger partial charge in [-0.1, -0.05) is 12.6 Å². The zero-order valence-corrected chi connectivity index (χ0v) is 16.8. The van der Waals surface area contributed by atoms with Crippen LogP contribution < -0.4 is 11.5 Å². The Morgan fingerprint density at radius 1 is 1.27 bits per heavy atom. The number of rotatable bonds is 4. The maximum Gasteiger partial charge on any atom is 0.254 e. The Morgan fingerprint density at radius 2 is 2.07 bits per heavy atom. The molecule has 0 radical (unpaired) electrons. The van der Waals surface area contributed by atoms with Crippen molar-refractivity contribution in [1.82, 2.24) is 14.7 Å². The molecule has 158 valence electrons. The molecular formula is C22H26FN5O2. The summed E-state index contributed by atoms with van der Waals surface area (Å²) in [5.41, 5.74) is 14.9. The van der Waals surface area contributed by atoms with Crippen LogP contribution in [-0.4, -0.2) is 39.6 Å². The predicted octanol–water partition coefficient (Wildman–Crippen LogP) is 2.33. The molecule has 2 atom stereocenters. The molecule has 1 aromatic carbocycles. The molecule has 0 saturated carbocycles. The molecule has 8 heteroatoms. The maximum atomic E-state index is 13.5. The van der Waals surface area contributed by atoms with Gasteiger partial charge < -0.3 is 16.4 Å². The van der Waals surface area contributed by atoms with E-state index in [0.29, 0.717) is 31.6 Å². The van der Waals surface area contributed by atoms with Crippen LogP contribution in [-0.2, 0) is 17.6 Å². The minimum atomic E-state index is -0.603. The van der Waals surface area contributed by atoms with Crippen LogP contribution in [0.25, 0.3) is 0 Å². The SMILES string of the molecule is C=CC(=O)N1CCC[C@@H](n2nc(C3CCc4cc(F)ccc4C3)c(C(N)=O)c2N)C1. The van der Waals surface area contributed by atoms with Crippen molar-refractivity contribution in [1.29, 1.82) is 0 Å². The average Bonchev–Trinajstić information content (AvgIpc) is 3.10. The summed E-state index contributed by atoms with van der Waals surface area (Å²) in [6, 6.07) is 4.69. The molecule has 30 heavy (non-hydrogen) atoms. The van der Waals surface area contributed by atoms with Gasteiger partial charge in [0.05, 0.1) is 11.7 Å². The van der Waals surface area contributed by atoms with E-state index >= 15 is 0 Å². The van der Waals surface area contributed by atoms with Crippen LogP contribution in [0.4, 0.5) is 10.2 Å². The fraction of sp³-hybridized carbons (Fsp3) is 0.409. The molecule has 2 aliphatic rings. The van der Waals surface area contributed by atoms with Gasteiger partial charge in [0.15, 0.2) is 0 Å². The van der Waals surface area contributed by atoms with E-state index in [1.54, 1.807) is 21.7 Å². The maximum absolute atomic E-state index is 13.5. The number of nitrogens with two attached hydrogens (primary N) is 2. The Kier molecular flexibility index (Phi) is 5.32. The number of hydrogen-bond acceptors (Lipinski definition) is 4. The third-order valence-electron chi connectivity index (χ3n) is 6.23. The minimum Gasteiger partial charge on any atom is -0.383 e. The lowest BCUT2D eigenvalue weighted by molar-refractivity contribution is -0.127. The highest BCUT2D eigenvalue weighted by atomic mass is 19.1. The largest absolute Gasteiger partial charge is 0.383 e. The van der Waals surface area contributed by atoms with Crippen LogP contribution >= 0.6 is 0 Å². The molecule has 2 heterocycles. The van der Waals surface area contributed by atoms with Gasteiger partial charge in [-0.25, -0.2) is 9.07 Å². The standard InChI is InChI=1S/C22H26FN5O2/c1-2-18(29)27-9-3-4-17(12-27)28-21(24)19(22(25)30)20(26-28)15-6-5-14-11-16(23)8-7-13(14)10-15/h2,7-8,11,15,17H,1,3-6,9-10,12,24H2,(H2,25,30)/t15?,17-/m1/s1. The number of anilines is 1. The van der Waals surface area contributed by atoms with Gasteiger partial charge in [0.25, 0.3) is 5.91 Å². The lowest BCUT2D eigenvalue weighted by atomic mass is 9.81. The van der Waals surface area contributed by atoms with E-state index in [-0.39, 0.29) is 35.1 Å². The molecule has 1 aliphatic heterocycles. The number of hydrogen-bond donors (Lipinski definition) is 2. The fourth-order valence-electron chi connectivity index (χ4n) is 4.72. The third-order valence-corrected chi connectivity index (χ3v) is 6.23. The van der Waals surface area contributed by atoms with Gasteiger partial charge >= 0.3 is 0 Å². The van der Waals surface area contributed by atoms with Gasteiger partial charge in [-0.3, -0.25) is 9.59 Å². The van der Waals surface area contributed by atoms with E-state index in [9.17, 15) is 14.0 Å². The number of likely N-dealkylation sites (tertiary alicyclic amines) is 1. The molecule has 0 bridgehead atoms. The fourth-order valence-corrected chi connectivity index (χ4v) is 4.72. The van der Waals surface area contributed by atoms with Crippen LogP contribution in [0, 0.1) is 5.82 Å². The lowest BCUT2D eigenvalue weighted by Gasteiger charge is -2.32. The second-order valence-electron chi connectivity index (χ2n) is 8.09. The molecule has 2 aromatic rings. The summed E-state index contributed by atoms with van der Waals surface area (Å²) < 4.78 is 15.2. The molecule has 1 saturated heterocycles. The molecule has 2 amide bonds. The number of carbonyl (C=O) groups excluding carboxylic acids is 2. The van der Waals surface area contributed by atoms with Crippen LogP contribution in [0.1, 0.15) is 58.4 Å². The van der Waals surface area contributed by atoms with E-state index in [1.165, 1.54) is 12.1 Å². The van der Waals surface area contributed by atoms with Crippen molar-refractivity contribution >= 4 is 17.6 Å². The topological polar surface area (TPSA) is 107 Å². The first-order chi connectivity index (χ1) is 14.4. The first-order valence-electron chi connectivity index (χ1n) is 10.2. The molecule has 1 aromatic heterocycles. The van der Waals surface area contributed by atoms with Gasteiger partial charge in [0, 0.05) is 19.0 Å². The van der Waals surface area contributed by atoms with Crippen LogP contribution in [0.15, 0.2) is 30.9 Å². The highest BCUT2D eigenvalue weighted by Crippen LogP contribution is 2.37. The number of nitrogens with zero attached hydrogens (tertiary/aromatic N) is 3. The number of amides is 2. The molecule has 4 rings (SSSR count). The van der Waals surface area contributed by atoms with Gasteiger partial charge in [-0.15, -0.1) is 0 Å². The second-order valence-corrected chi connectivity index (χ2v) is 8.09. The van der Waals surface area contributed by atoms with Gasteiger partial charge in [-0.2, -0.15) is 5.10 Å². The number of nitrogen functional groups attached to an aromatic ring is 1. The first kappa shape index (κ1) is 20.1. The second kappa shape index (κ2) is 7.93. The van der Waals surface area contributed by atoms with Crippen molar-refractivity contribution in [2.75, 3.05) is 18.8 Å². The number of carbonyl (C=O) groups is 2. The quantitative estimate of drug-likeness (QED) is 0.753. The smallest absolute Gasteiger partial charge is 0.254 e. The molecule has 7 nitrogen and oxygen atoms in total. The van der Waals surface area contributed by atoms with Crippen molar-refractivity contribution in [3.63, 3.8) is 0 Å².